The molecule has 18 nitrogen and oxygen atoms in total. The number of hydrogen-bond acceptors (Lipinski definition) is 15. The molecule has 530 valence electrons. The van der Waals surface area contributed by atoms with Crippen LogP contribution >= 0.6 is 15.9 Å². The van der Waals surface area contributed by atoms with Crippen LogP contribution in [0.5, 0.6) is 0 Å². The van der Waals surface area contributed by atoms with Gasteiger partial charge in [0.1, 0.15) is 18.9 Å². The molecule has 12 saturated carbocycles. The van der Waals surface area contributed by atoms with Gasteiger partial charge in [-0.3, -0.25) is 14.4 Å². The fourth-order valence-electron chi connectivity index (χ4n) is 24.9. The number of nitrogens with zero attached hydrogens (tertiary/aromatic N) is 8. The molecule has 12 aliphatic rings. The third kappa shape index (κ3) is 14.4. The Morgan fingerprint density at radius 1 is 0.457 bits per heavy atom. The van der Waals surface area contributed by atoms with Crippen LogP contribution in [0.2, 0.25) is 0 Å². The van der Waals surface area contributed by atoms with Crippen LogP contribution in [0.3, 0.4) is 0 Å². The maximum atomic E-state index is 13.2. The van der Waals surface area contributed by atoms with Crippen molar-refractivity contribution in [2.75, 3.05) is 26.7 Å². The van der Waals surface area contributed by atoms with Gasteiger partial charge in [-0.25, -0.2) is 4.68 Å². The highest BCUT2D eigenvalue weighted by Gasteiger charge is 2.64. The van der Waals surface area contributed by atoms with Crippen LogP contribution in [-0.4, -0.2) is 140 Å². The van der Waals surface area contributed by atoms with Gasteiger partial charge in [0.25, 0.3) is 0 Å². The first-order valence-electron chi connectivity index (χ1n) is 35.8. The van der Waals surface area contributed by atoms with Crippen molar-refractivity contribution < 1.29 is 43.9 Å². The minimum absolute atomic E-state index is 0. The van der Waals surface area contributed by atoms with E-state index in [1.807, 2.05) is 42.1 Å². The van der Waals surface area contributed by atoms with Gasteiger partial charge in [-0.05, 0) is 280 Å². The van der Waals surface area contributed by atoms with Gasteiger partial charge in [0.2, 0.25) is 0 Å². The highest BCUT2D eigenvalue weighted by molar-refractivity contribution is 9.09. The highest BCUT2D eigenvalue weighted by Crippen LogP contribution is 2.68. The van der Waals surface area contributed by atoms with Crippen LogP contribution in [0.25, 0.3) is 0 Å². The third-order valence-electron chi connectivity index (χ3n) is 28.9. The molecule has 12 aliphatic carbocycles. The van der Waals surface area contributed by atoms with E-state index in [4.69, 9.17) is 14.2 Å². The van der Waals surface area contributed by atoms with Gasteiger partial charge < -0.3 is 29.5 Å². The predicted molar refractivity (Wildman–Crippen MR) is 368 cm³/mol. The second kappa shape index (κ2) is 29.9. The number of nitrogens with one attached hydrogen (secondary N) is 1. The lowest BCUT2D eigenvalue weighted by atomic mass is 9.48. The average Bonchev–Trinajstić information content (AvgIpc) is 1.32. The number of rotatable bonds is 11. The molecule has 12 fully saturated rings. The van der Waals surface area contributed by atoms with Crippen LogP contribution in [0.4, 0.5) is 0 Å². The molecule has 0 spiro atoms. The minimum Gasteiger partial charge on any atom is -0.390 e. The van der Waals surface area contributed by atoms with Gasteiger partial charge in [0, 0.05) is 45.3 Å². The maximum absolute atomic E-state index is 13.2. The van der Waals surface area contributed by atoms with E-state index in [0.717, 1.165) is 140 Å². The Labute approximate surface area is 572 Å². The molecule has 19 heteroatoms. The summed E-state index contributed by atoms with van der Waals surface area (Å²) >= 11 is 3.42. The molecule has 0 radical (unpaired) electrons. The Morgan fingerprint density at radius 2 is 0.798 bits per heavy atom. The number of ketones is 3. The molecule has 0 bridgehead atoms. The Hall–Kier alpha value is -3.33. The molecule has 3 aromatic rings. The van der Waals surface area contributed by atoms with E-state index in [1.165, 1.54) is 36.9 Å². The number of carbonyl (C=O) groups is 3. The van der Waals surface area contributed by atoms with E-state index in [2.05, 4.69) is 72.6 Å². The Bertz CT molecular complexity index is 2760. The van der Waals surface area contributed by atoms with E-state index < -0.39 is 16.8 Å². The van der Waals surface area contributed by atoms with Gasteiger partial charge in [-0.15, -0.1) is 5.10 Å². The van der Waals surface area contributed by atoms with Gasteiger partial charge in [0.05, 0.1) is 71.4 Å². The fraction of sp³-hybridized carbons (Fsp3) is 0.880. The number of H-pyrrole nitrogens is 1. The van der Waals surface area contributed by atoms with Crippen molar-refractivity contribution >= 4 is 33.3 Å². The zero-order chi connectivity index (χ0) is 64.4. The molecular formula is C75H124BrN9O9. The van der Waals surface area contributed by atoms with Crippen LogP contribution in [0.1, 0.15) is 218 Å². The van der Waals surface area contributed by atoms with Gasteiger partial charge in [-0.2, -0.15) is 30.4 Å². The lowest BCUT2D eigenvalue weighted by molar-refractivity contribution is -0.155. The number of methoxy groups -OCH3 is 3. The topological polar surface area (TPSA) is 243 Å². The van der Waals surface area contributed by atoms with Crippen molar-refractivity contribution in [1.82, 2.24) is 45.4 Å². The quantitative estimate of drug-likeness (QED) is 0.130. The summed E-state index contributed by atoms with van der Waals surface area (Å²) < 4.78 is 19.7. The van der Waals surface area contributed by atoms with Gasteiger partial charge in [-0.1, -0.05) is 64.2 Å². The van der Waals surface area contributed by atoms with Crippen molar-refractivity contribution in [3.05, 3.63) is 37.2 Å². The van der Waals surface area contributed by atoms with Gasteiger partial charge >= 0.3 is 0 Å². The number of alkyl halides is 1. The SMILES string of the molecule is C.C.C.CO[C@@H]1C[C@@H]2[C@H](CC[C@]3(C)[C@@H](C(=O)CBr)CC[C@@H]23)[C@H]2CC[C@@](C)(O)C[C@H]21.CO[C@@H]1C[C@@H]2[C@H](CC[C@]3(C)[C@@H](C(=O)Cn4ccnn4)CC[C@@H]23)[C@H]2CC[C@@](C)(O)C[C@H]21.CO[C@@H]1C[C@@H]2[C@H](CC[C@]3(C)[C@@H](C(=O)Cn4nccn4)CC[C@@H]23)[C@H]2CC[C@@](C)(O)C[C@H]21.c1cn[nH]n1. The number of hydrogen-bond donors (Lipinski definition) is 4. The zero-order valence-electron chi connectivity index (χ0n) is 56.4. The van der Waals surface area contributed by atoms with Crippen LogP contribution < -0.4 is 0 Å². The lowest BCUT2D eigenvalue weighted by Crippen LogP contribution is -2.55. The number of ether oxygens (including phenoxy) is 3. The first-order chi connectivity index (χ1) is 43.4. The Morgan fingerprint density at radius 3 is 1.12 bits per heavy atom. The summed E-state index contributed by atoms with van der Waals surface area (Å²) in [6.07, 6.45) is 36.6. The van der Waals surface area contributed by atoms with Crippen molar-refractivity contribution in [1.29, 1.82) is 0 Å². The molecular weight excluding hydrogens is 1250 g/mol. The molecule has 0 aliphatic heterocycles. The number of aliphatic hydroxyl groups is 3. The van der Waals surface area contributed by atoms with E-state index in [9.17, 15) is 29.7 Å². The number of Topliss-reactive ketones (excluding diaryl/α,β-unsaturated/α-hetero) is 3. The average molecular weight is 1380 g/mol. The third-order valence-corrected chi connectivity index (χ3v) is 29.4. The summed E-state index contributed by atoms with van der Waals surface area (Å²) in [6.45, 7) is 13.9. The molecule has 3 aromatic heterocycles. The summed E-state index contributed by atoms with van der Waals surface area (Å²) in [7, 11) is 5.57. The standard InChI is InChI=1S/2C24H37N3O3.C22H35BrO3.C2H3N3.3CH4/c1-23(29)8-6-16-15-7-9-24(2)19(17(15)12-22(30-3)18(16)13-23)4-5-20(24)21(28)14-27-11-10-25-26-27;1-23(29)8-6-16-15-7-9-24(2)19(17(15)12-22(30-3)18(16)13-23)4-5-20(24)21(28)14-27-25-10-11-26-27;1-21(25)8-6-14-13-7-9-22(2)17(4-5-18(22)19(24)12-23)15(13)10-20(26-3)16(14)11-21;1-2-4-5-3-1;;;/h2*10-11,15-20,22,29H,4-9,12-14H2,1-3H3;13-18,20,25H,4-12H2,1-3H3;1-2H,(H,3,4,5);3*1H4/t2*15-,16-,17-,18-,19+,20-,22-,23-,24+;13-,14-,15-,16-,17+,18-,20-,21-,22+;;;;/m111..../s1. The van der Waals surface area contributed by atoms with E-state index >= 15 is 0 Å². The molecule has 0 amide bonds. The second-order valence-corrected chi connectivity index (χ2v) is 34.0. The molecule has 0 aromatic carbocycles. The minimum atomic E-state index is -0.542. The summed E-state index contributed by atoms with van der Waals surface area (Å²) in [6, 6.07) is 0. The van der Waals surface area contributed by atoms with Crippen LogP contribution in [0.15, 0.2) is 37.2 Å². The van der Waals surface area contributed by atoms with Crippen molar-refractivity contribution in [3.8, 4) is 0 Å². The molecule has 15 rings (SSSR count). The predicted octanol–water partition coefficient (Wildman–Crippen LogP) is 13.3. The zero-order valence-corrected chi connectivity index (χ0v) is 58.0. The summed E-state index contributed by atoms with van der Waals surface area (Å²) in [5, 5.41) is 58.0. The van der Waals surface area contributed by atoms with E-state index in [-0.39, 0.29) is 74.6 Å². The largest absolute Gasteiger partial charge is 0.390 e. The molecule has 4 N–H and O–H groups in total. The number of halogens is 1. The van der Waals surface area contributed by atoms with Crippen LogP contribution in [0, 0.1) is 123 Å². The number of aromatic nitrogens is 9. The van der Waals surface area contributed by atoms with E-state index in [1.54, 1.807) is 41.9 Å². The first kappa shape index (κ1) is 74.9. The van der Waals surface area contributed by atoms with Gasteiger partial charge in [0.15, 0.2) is 11.6 Å². The second-order valence-electron chi connectivity index (χ2n) is 33.4. The molecule has 0 saturated heterocycles. The Kier molecular flexibility index (Phi) is 23.8. The van der Waals surface area contributed by atoms with E-state index in [0.29, 0.717) is 107 Å². The number of carbonyl (C=O) groups excluding carboxylic acids is 3. The lowest BCUT2D eigenvalue weighted by Gasteiger charge is -2.58. The number of fused-ring (bicyclic) bond motifs is 15. The molecule has 3 heterocycles. The molecule has 27 atom stereocenters. The molecule has 94 heavy (non-hydrogen) atoms. The van der Waals surface area contributed by atoms with Crippen molar-refractivity contribution in [2.24, 2.45) is 123 Å². The monoisotopic (exact) mass is 1370 g/mol. The fourth-order valence-corrected chi connectivity index (χ4v) is 25.3. The van der Waals surface area contributed by atoms with Crippen molar-refractivity contribution in [3.63, 3.8) is 0 Å². The first-order valence-corrected chi connectivity index (χ1v) is 36.9. The smallest absolute Gasteiger partial charge is 0.159 e. The van der Waals surface area contributed by atoms with Crippen molar-refractivity contribution in [2.45, 2.75) is 266 Å². The highest BCUT2D eigenvalue weighted by atomic mass is 79.9. The summed E-state index contributed by atoms with van der Waals surface area (Å²) in [5.74, 6) is 11.2. The Balaban J connectivity index is 0.000000158. The molecule has 0 unspecified atom stereocenters. The summed E-state index contributed by atoms with van der Waals surface area (Å²) in [4.78, 5) is 40.5. The number of aromatic amines is 1. The van der Waals surface area contributed by atoms with Crippen LogP contribution in [-0.2, 0) is 41.7 Å². The summed E-state index contributed by atoms with van der Waals surface area (Å²) in [5.41, 5.74) is -1.22. The maximum Gasteiger partial charge on any atom is 0.159 e. The normalized spacial score (nSPS) is 45.8.